The third kappa shape index (κ3) is 4.26. The maximum atomic E-state index is 14.9. The van der Waals surface area contributed by atoms with Gasteiger partial charge in [0.25, 0.3) is 0 Å². The number of hydrogen-bond donors (Lipinski definition) is 0. The predicted molar refractivity (Wildman–Crippen MR) is 128 cm³/mol. The number of piperazine rings is 1. The Balaban J connectivity index is 1.44. The lowest BCUT2D eigenvalue weighted by atomic mass is 10.0. The normalized spacial score (nSPS) is 15.5. The summed E-state index contributed by atoms with van der Waals surface area (Å²) in [5, 5.41) is 8.61. The molecule has 0 N–H and O–H groups in total. The highest BCUT2D eigenvalue weighted by molar-refractivity contribution is 5.56. The number of aromatic nitrogens is 2. The molecule has 1 saturated heterocycles. The van der Waals surface area contributed by atoms with E-state index in [1.807, 2.05) is 42.5 Å². The SMILES string of the molecule is Cc1cccc(N2CCN(C(c3nnc(-c4ccccc4)o3)c3ccccc3F)CC2)c1C. The van der Waals surface area contributed by atoms with Crippen molar-refractivity contribution in [2.24, 2.45) is 0 Å². The van der Waals surface area contributed by atoms with Crippen LogP contribution in [-0.2, 0) is 0 Å². The van der Waals surface area contributed by atoms with Gasteiger partial charge < -0.3 is 9.32 Å². The van der Waals surface area contributed by atoms with Crippen LogP contribution in [0.15, 0.2) is 77.2 Å². The number of nitrogens with zero attached hydrogens (tertiary/aromatic N) is 4. The minimum absolute atomic E-state index is 0.265. The molecule has 1 aliphatic heterocycles. The topological polar surface area (TPSA) is 45.4 Å². The van der Waals surface area contributed by atoms with Gasteiger partial charge in [0.05, 0.1) is 0 Å². The van der Waals surface area contributed by atoms with Gasteiger partial charge in [-0.1, -0.05) is 48.5 Å². The maximum absolute atomic E-state index is 14.9. The van der Waals surface area contributed by atoms with Gasteiger partial charge >= 0.3 is 0 Å². The second kappa shape index (κ2) is 9.16. The molecule has 168 valence electrons. The average Bonchev–Trinajstić information content (AvgIpc) is 3.33. The number of halogens is 1. The van der Waals surface area contributed by atoms with E-state index in [4.69, 9.17) is 4.42 Å². The molecule has 0 amide bonds. The molecular formula is C27H27FN4O. The summed E-state index contributed by atoms with van der Waals surface area (Å²) in [6.07, 6.45) is 0. The van der Waals surface area contributed by atoms with Crippen LogP contribution in [0.25, 0.3) is 11.5 Å². The minimum atomic E-state index is -0.433. The van der Waals surface area contributed by atoms with E-state index in [1.165, 1.54) is 22.9 Å². The van der Waals surface area contributed by atoms with Crippen LogP contribution in [0.3, 0.4) is 0 Å². The Labute approximate surface area is 193 Å². The molecule has 1 aromatic heterocycles. The van der Waals surface area contributed by atoms with E-state index in [2.05, 4.69) is 52.0 Å². The molecule has 0 spiro atoms. The number of hydrogen-bond acceptors (Lipinski definition) is 5. The molecule has 1 aliphatic rings. The predicted octanol–water partition coefficient (Wildman–Crippen LogP) is 5.40. The van der Waals surface area contributed by atoms with Crippen molar-refractivity contribution in [2.45, 2.75) is 19.9 Å². The number of rotatable bonds is 5. The first-order valence-electron chi connectivity index (χ1n) is 11.3. The standard InChI is InChI=1S/C27H27FN4O/c1-19-9-8-14-24(20(19)2)31-15-17-32(18-16-31)25(22-12-6-7-13-23(22)28)27-30-29-26(33-27)21-10-4-3-5-11-21/h3-14,25H,15-18H2,1-2H3. The summed E-state index contributed by atoms with van der Waals surface area (Å²) in [6, 6.07) is 22.5. The van der Waals surface area contributed by atoms with E-state index in [0.717, 1.165) is 31.7 Å². The molecule has 6 heteroatoms. The summed E-state index contributed by atoms with van der Waals surface area (Å²) < 4.78 is 21.0. The molecule has 1 fully saturated rings. The summed E-state index contributed by atoms with van der Waals surface area (Å²) in [6.45, 7) is 7.51. The number of aryl methyl sites for hydroxylation is 1. The number of benzene rings is 3. The van der Waals surface area contributed by atoms with Crippen molar-refractivity contribution >= 4 is 5.69 Å². The lowest BCUT2D eigenvalue weighted by Gasteiger charge is -2.39. The molecule has 5 rings (SSSR count). The monoisotopic (exact) mass is 442 g/mol. The second-order valence-electron chi connectivity index (χ2n) is 8.48. The Bertz CT molecular complexity index is 1230. The molecule has 0 radical (unpaired) electrons. The first kappa shape index (κ1) is 21.3. The van der Waals surface area contributed by atoms with Crippen molar-refractivity contribution in [1.82, 2.24) is 15.1 Å². The third-order valence-corrected chi connectivity index (χ3v) is 6.49. The van der Waals surface area contributed by atoms with Crippen molar-refractivity contribution in [3.63, 3.8) is 0 Å². The average molecular weight is 443 g/mol. The molecule has 4 aromatic rings. The van der Waals surface area contributed by atoms with Crippen LogP contribution >= 0.6 is 0 Å². The van der Waals surface area contributed by atoms with Crippen LogP contribution in [0.4, 0.5) is 10.1 Å². The minimum Gasteiger partial charge on any atom is -0.419 e. The Morgan fingerprint density at radius 3 is 2.30 bits per heavy atom. The van der Waals surface area contributed by atoms with Crippen LogP contribution in [0.1, 0.15) is 28.6 Å². The van der Waals surface area contributed by atoms with Gasteiger partial charge in [-0.2, -0.15) is 0 Å². The molecule has 1 unspecified atom stereocenters. The Morgan fingerprint density at radius 1 is 0.818 bits per heavy atom. The number of anilines is 1. The Kier molecular flexibility index (Phi) is 5.92. The highest BCUT2D eigenvalue weighted by Gasteiger charge is 2.32. The van der Waals surface area contributed by atoms with Gasteiger partial charge in [0.15, 0.2) is 0 Å². The Morgan fingerprint density at radius 2 is 1.55 bits per heavy atom. The fraction of sp³-hybridized carbons (Fsp3) is 0.259. The maximum Gasteiger partial charge on any atom is 0.247 e. The van der Waals surface area contributed by atoms with Gasteiger partial charge in [-0.15, -0.1) is 10.2 Å². The van der Waals surface area contributed by atoms with Crippen LogP contribution in [0.5, 0.6) is 0 Å². The van der Waals surface area contributed by atoms with Gasteiger partial charge in [-0.3, -0.25) is 4.90 Å². The lowest BCUT2D eigenvalue weighted by Crippen LogP contribution is -2.48. The smallest absolute Gasteiger partial charge is 0.247 e. The molecule has 33 heavy (non-hydrogen) atoms. The summed E-state index contributed by atoms with van der Waals surface area (Å²) in [5.74, 6) is 0.596. The molecule has 5 nitrogen and oxygen atoms in total. The first-order chi connectivity index (χ1) is 16.1. The van der Waals surface area contributed by atoms with Crippen LogP contribution in [0, 0.1) is 19.7 Å². The first-order valence-corrected chi connectivity index (χ1v) is 11.3. The molecule has 0 saturated carbocycles. The Hall–Kier alpha value is -3.51. The van der Waals surface area contributed by atoms with Gasteiger partial charge in [0, 0.05) is 43.0 Å². The highest BCUT2D eigenvalue weighted by atomic mass is 19.1. The van der Waals surface area contributed by atoms with E-state index in [-0.39, 0.29) is 5.82 Å². The molecule has 0 bridgehead atoms. The van der Waals surface area contributed by atoms with Crippen LogP contribution in [-0.4, -0.2) is 41.3 Å². The van der Waals surface area contributed by atoms with E-state index in [0.29, 0.717) is 17.3 Å². The molecule has 1 atom stereocenters. The zero-order chi connectivity index (χ0) is 22.8. The van der Waals surface area contributed by atoms with E-state index < -0.39 is 6.04 Å². The molecular weight excluding hydrogens is 415 g/mol. The van der Waals surface area contributed by atoms with Crippen LogP contribution in [0.2, 0.25) is 0 Å². The van der Waals surface area contributed by atoms with Crippen molar-refractivity contribution in [2.75, 3.05) is 31.1 Å². The van der Waals surface area contributed by atoms with Crippen molar-refractivity contribution in [3.8, 4) is 11.5 Å². The molecule has 0 aliphatic carbocycles. The lowest BCUT2D eigenvalue weighted by molar-refractivity contribution is 0.184. The van der Waals surface area contributed by atoms with Crippen molar-refractivity contribution < 1.29 is 8.81 Å². The molecule has 2 heterocycles. The van der Waals surface area contributed by atoms with E-state index >= 15 is 0 Å². The van der Waals surface area contributed by atoms with Crippen molar-refractivity contribution in [1.29, 1.82) is 0 Å². The fourth-order valence-electron chi connectivity index (χ4n) is 4.52. The zero-order valence-corrected chi connectivity index (χ0v) is 18.9. The van der Waals surface area contributed by atoms with Gasteiger partial charge in [-0.25, -0.2) is 4.39 Å². The third-order valence-electron chi connectivity index (χ3n) is 6.49. The summed E-state index contributed by atoms with van der Waals surface area (Å²) >= 11 is 0. The zero-order valence-electron chi connectivity index (χ0n) is 18.9. The molecule has 3 aromatic carbocycles. The van der Waals surface area contributed by atoms with Gasteiger partial charge in [-0.05, 0) is 49.2 Å². The van der Waals surface area contributed by atoms with E-state index in [9.17, 15) is 4.39 Å². The summed E-state index contributed by atoms with van der Waals surface area (Å²) in [5.41, 5.74) is 5.27. The quantitative estimate of drug-likeness (QED) is 0.414. The summed E-state index contributed by atoms with van der Waals surface area (Å²) in [7, 11) is 0. The van der Waals surface area contributed by atoms with Crippen LogP contribution < -0.4 is 4.90 Å². The highest BCUT2D eigenvalue weighted by Crippen LogP contribution is 2.33. The van der Waals surface area contributed by atoms with Crippen molar-refractivity contribution in [3.05, 3.63) is 101 Å². The second-order valence-corrected chi connectivity index (χ2v) is 8.48. The van der Waals surface area contributed by atoms with Gasteiger partial charge in [0.2, 0.25) is 11.8 Å². The largest absolute Gasteiger partial charge is 0.419 e. The van der Waals surface area contributed by atoms with Gasteiger partial charge in [0.1, 0.15) is 11.9 Å². The summed E-state index contributed by atoms with van der Waals surface area (Å²) in [4.78, 5) is 4.64. The fourth-order valence-corrected chi connectivity index (χ4v) is 4.52. The van der Waals surface area contributed by atoms with E-state index in [1.54, 1.807) is 6.07 Å².